The maximum atomic E-state index is 8.74. The van der Waals surface area contributed by atoms with E-state index in [-0.39, 0.29) is 6.47 Å². The molecule has 0 amide bonds. The first-order valence-corrected chi connectivity index (χ1v) is 8.92. The molecule has 0 fully saturated rings. The first-order valence-electron chi connectivity index (χ1n) is 5.72. The van der Waals surface area contributed by atoms with Crippen molar-refractivity contribution in [2.45, 2.75) is 40.0 Å². The van der Waals surface area contributed by atoms with Gasteiger partial charge in [-0.15, -0.1) is 7.92 Å². The van der Waals surface area contributed by atoms with Gasteiger partial charge in [0.2, 0.25) is 0 Å². The van der Waals surface area contributed by atoms with Gasteiger partial charge in [0.15, 0.2) is 0 Å². The van der Waals surface area contributed by atoms with Crippen molar-refractivity contribution in [1.29, 1.82) is 0 Å². The Bertz CT molecular complexity index is 149. The van der Waals surface area contributed by atoms with Crippen molar-refractivity contribution in [2.24, 2.45) is 0 Å². The van der Waals surface area contributed by atoms with Crippen molar-refractivity contribution >= 4 is 22.6 Å². The second-order valence-corrected chi connectivity index (χ2v) is 6.48. The molecule has 3 N–H and O–H groups in total. The lowest BCUT2D eigenvalue weighted by molar-refractivity contribution is -0.122. The highest BCUT2D eigenvalue weighted by Crippen LogP contribution is 2.37. The largest absolute Gasteiger partial charge is 0.483 e. The van der Waals surface area contributed by atoms with E-state index < -0.39 is 8.25 Å². The van der Waals surface area contributed by atoms with E-state index in [1.165, 1.54) is 37.7 Å². The lowest BCUT2D eigenvalue weighted by Crippen LogP contribution is -1.92. The first kappa shape index (κ1) is 22.2. The SMILES string of the molecule is CCCP(CCC)CCC.O=CO.O=[PH](O)O. The Labute approximate surface area is 106 Å². The minimum atomic E-state index is -3.13. The van der Waals surface area contributed by atoms with Gasteiger partial charge >= 0.3 is 8.25 Å². The van der Waals surface area contributed by atoms with Crippen LogP contribution in [0.15, 0.2) is 0 Å². The Morgan fingerprint density at radius 1 is 1.00 bits per heavy atom. The molecule has 0 aromatic heterocycles. The molecular formula is C10H26O5P2. The highest BCUT2D eigenvalue weighted by atomic mass is 31.1. The number of hydrogen-bond donors (Lipinski definition) is 3. The number of hydrogen-bond acceptors (Lipinski definition) is 2. The van der Waals surface area contributed by atoms with Crippen LogP contribution in [0.2, 0.25) is 0 Å². The monoisotopic (exact) mass is 288 g/mol. The molecule has 106 valence electrons. The van der Waals surface area contributed by atoms with Crippen LogP contribution in [0, 0.1) is 0 Å². The molecule has 5 nitrogen and oxygen atoms in total. The zero-order chi connectivity index (χ0) is 14.1. The van der Waals surface area contributed by atoms with Crippen molar-refractivity contribution in [3.63, 3.8) is 0 Å². The Morgan fingerprint density at radius 2 is 1.18 bits per heavy atom. The van der Waals surface area contributed by atoms with Crippen molar-refractivity contribution < 1.29 is 24.3 Å². The standard InChI is InChI=1S/C9H21P.CH2O2.H3O3P/c1-4-7-10(8-5-2)9-6-3;2-1-3;1-4(2)3/h4-9H2,1-3H3;1H,(H,2,3);4H,(H2,1,2,3). The van der Waals surface area contributed by atoms with Gasteiger partial charge in [-0.3, -0.25) is 9.36 Å². The summed E-state index contributed by atoms with van der Waals surface area (Å²) >= 11 is 0. The molecule has 0 aliphatic heterocycles. The predicted molar refractivity (Wildman–Crippen MR) is 74.5 cm³/mol. The third-order valence-corrected chi connectivity index (χ3v) is 4.86. The fourth-order valence-electron chi connectivity index (χ4n) is 1.28. The summed E-state index contributed by atoms with van der Waals surface area (Å²) < 4.78 is 8.74. The minimum Gasteiger partial charge on any atom is -0.483 e. The summed E-state index contributed by atoms with van der Waals surface area (Å²) in [5.41, 5.74) is 0. The predicted octanol–water partition coefficient (Wildman–Crippen LogP) is 2.76. The number of carboxylic acid groups (broad SMARTS) is 1. The Morgan fingerprint density at radius 3 is 1.29 bits per heavy atom. The highest BCUT2D eigenvalue weighted by molar-refractivity contribution is 7.57. The van der Waals surface area contributed by atoms with E-state index in [2.05, 4.69) is 20.8 Å². The zero-order valence-electron chi connectivity index (χ0n) is 10.9. The Balaban J connectivity index is -0.000000232. The molecule has 0 aromatic carbocycles. The van der Waals surface area contributed by atoms with Gasteiger partial charge in [-0.1, -0.05) is 40.0 Å². The van der Waals surface area contributed by atoms with Crippen LogP contribution < -0.4 is 0 Å². The maximum Gasteiger partial charge on any atom is 0.314 e. The first-order chi connectivity index (χ1) is 7.99. The van der Waals surface area contributed by atoms with Gasteiger partial charge in [0.25, 0.3) is 6.47 Å². The van der Waals surface area contributed by atoms with Crippen LogP contribution in [0.25, 0.3) is 0 Å². The molecule has 0 radical (unpaired) electrons. The van der Waals surface area contributed by atoms with Crippen molar-refractivity contribution in [2.75, 3.05) is 18.5 Å². The van der Waals surface area contributed by atoms with E-state index in [9.17, 15) is 0 Å². The molecule has 0 aliphatic rings. The van der Waals surface area contributed by atoms with E-state index in [0.717, 1.165) is 0 Å². The molecule has 0 rings (SSSR count). The molecule has 0 spiro atoms. The molecule has 0 aliphatic carbocycles. The Kier molecular flexibility index (Phi) is 27.9. The molecular weight excluding hydrogens is 262 g/mol. The minimum absolute atomic E-state index is 0.250. The van der Waals surface area contributed by atoms with Gasteiger partial charge in [0.05, 0.1) is 0 Å². The van der Waals surface area contributed by atoms with E-state index in [4.69, 9.17) is 24.3 Å². The van der Waals surface area contributed by atoms with E-state index >= 15 is 0 Å². The summed E-state index contributed by atoms with van der Waals surface area (Å²) in [6, 6.07) is 0. The molecule has 7 heteroatoms. The lowest BCUT2D eigenvalue weighted by Gasteiger charge is -2.13. The van der Waals surface area contributed by atoms with E-state index in [0.29, 0.717) is 7.92 Å². The fraction of sp³-hybridized carbons (Fsp3) is 0.900. The van der Waals surface area contributed by atoms with Gasteiger partial charge in [-0.05, 0) is 18.5 Å². The highest BCUT2D eigenvalue weighted by Gasteiger charge is 2.02. The second-order valence-electron chi connectivity index (χ2n) is 3.23. The molecule has 0 unspecified atom stereocenters. The summed E-state index contributed by atoms with van der Waals surface area (Å²) in [5.74, 6) is 0. The summed E-state index contributed by atoms with van der Waals surface area (Å²) in [6.07, 6.45) is 8.72. The van der Waals surface area contributed by atoms with Crippen LogP contribution in [-0.4, -0.2) is 39.9 Å². The van der Waals surface area contributed by atoms with Gasteiger partial charge < -0.3 is 14.9 Å². The summed E-state index contributed by atoms with van der Waals surface area (Å²) in [7, 11) is -2.69. The molecule has 0 heterocycles. The summed E-state index contributed by atoms with van der Waals surface area (Å²) in [5, 5.41) is 6.89. The summed E-state index contributed by atoms with van der Waals surface area (Å²) in [6.45, 7) is 6.67. The van der Waals surface area contributed by atoms with E-state index in [1.54, 1.807) is 0 Å². The van der Waals surface area contributed by atoms with Gasteiger partial charge in [-0.2, -0.15) is 0 Å². The molecule has 0 bridgehead atoms. The van der Waals surface area contributed by atoms with Gasteiger partial charge in [-0.25, -0.2) is 0 Å². The van der Waals surface area contributed by atoms with Crippen LogP contribution in [0.5, 0.6) is 0 Å². The average Bonchev–Trinajstić information content (AvgIpc) is 2.19. The Hall–Kier alpha value is 0.0500. The maximum absolute atomic E-state index is 8.74. The quantitative estimate of drug-likeness (QED) is 0.516. The van der Waals surface area contributed by atoms with Crippen LogP contribution >= 0.6 is 16.2 Å². The molecule has 0 saturated heterocycles. The van der Waals surface area contributed by atoms with Crippen LogP contribution in [0.1, 0.15) is 40.0 Å². The van der Waals surface area contributed by atoms with E-state index in [1.807, 2.05) is 0 Å². The van der Waals surface area contributed by atoms with Gasteiger partial charge in [0.1, 0.15) is 0 Å². The third-order valence-electron chi connectivity index (χ3n) is 1.62. The van der Waals surface area contributed by atoms with Crippen LogP contribution in [-0.2, 0) is 9.36 Å². The average molecular weight is 288 g/mol. The lowest BCUT2D eigenvalue weighted by atomic mass is 10.6. The number of carbonyl (C=O) groups is 1. The molecule has 0 aromatic rings. The van der Waals surface area contributed by atoms with Crippen molar-refractivity contribution in [3.8, 4) is 0 Å². The van der Waals surface area contributed by atoms with Gasteiger partial charge in [0, 0.05) is 0 Å². The zero-order valence-corrected chi connectivity index (χ0v) is 12.8. The number of rotatable bonds is 6. The normalized spacial score (nSPS) is 9.12. The molecule has 17 heavy (non-hydrogen) atoms. The second kappa shape index (κ2) is 21.3. The molecule has 0 saturated carbocycles. The third kappa shape index (κ3) is 38.7. The molecule has 0 atom stereocenters. The van der Waals surface area contributed by atoms with Crippen LogP contribution in [0.3, 0.4) is 0 Å². The fourth-order valence-corrected chi connectivity index (χ4v) is 3.85. The topological polar surface area (TPSA) is 94.8 Å². The smallest absolute Gasteiger partial charge is 0.314 e. The van der Waals surface area contributed by atoms with Crippen molar-refractivity contribution in [3.05, 3.63) is 0 Å². The van der Waals surface area contributed by atoms with Crippen molar-refractivity contribution in [1.82, 2.24) is 0 Å². The summed E-state index contributed by atoms with van der Waals surface area (Å²) in [4.78, 5) is 22.7. The van der Waals surface area contributed by atoms with Crippen LogP contribution in [0.4, 0.5) is 0 Å².